The molecule has 0 aliphatic rings. The molecule has 0 aromatic carbocycles. The maximum absolute atomic E-state index is 6.37. The Labute approximate surface area is 89.1 Å². The zero-order valence-electron chi connectivity index (χ0n) is 10.1. The molecule has 0 rings (SSSR count). The Hall–Kier alpha value is 0.290. The van der Waals surface area contributed by atoms with Crippen molar-refractivity contribution < 1.29 is 0 Å². The average Bonchev–Trinajstić information content (AvgIpc) is 1.83. The molecular formula is C12H25Cl. The number of hydrogen-bond donors (Lipinski definition) is 0. The number of halogens is 1. The van der Waals surface area contributed by atoms with E-state index >= 15 is 0 Å². The normalized spacial score (nSPS) is 15.9. The molecule has 0 heterocycles. The second kappa shape index (κ2) is 4.68. The van der Waals surface area contributed by atoms with Crippen LogP contribution in [0.15, 0.2) is 0 Å². The zero-order chi connectivity index (χ0) is 10.7. The fourth-order valence-electron chi connectivity index (χ4n) is 1.71. The molecule has 0 aliphatic carbocycles. The van der Waals surface area contributed by atoms with E-state index in [1.54, 1.807) is 0 Å². The molecule has 1 heteroatoms. The van der Waals surface area contributed by atoms with Crippen molar-refractivity contribution in [3.63, 3.8) is 0 Å². The van der Waals surface area contributed by atoms with Crippen LogP contribution in [0.2, 0.25) is 0 Å². The molecule has 80 valence electrons. The molecule has 0 saturated carbocycles. The second-order valence-corrected chi connectivity index (χ2v) is 6.40. The molecule has 13 heavy (non-hydrogen) atoms. The maximum Gasteiger partial charge on any atom is 0.0441 e. The maximum atomic E-state index is 6.37. The summed E-state index contributed by atoms with van der Waals surface area (Å²) in [6, 6.07) is 0. The first-order chi connectivity index (χ1) is 5.70. The van der Waals surface area contributed by atoms with Gasteiger partial charge in [0.05, 0.1) is 0 Å². The molecule has 0 amide bonds. The lowest BCUT2D eigenvalue weighted by molar-refractivity contribution is 0.209. The topological polar surface area (TPSA) is 0 Å². The van der Waals surface area contributed by atoms with E-state index in [4.69, 9.17) is 11.6 Å². The third kappa shape index (κ3) is 4.35. The first-order valence-electron chi connectivity index (χ1n) is 5.39. The molecule has 1 unspecified atom stereocenters. The van der Waals surface area contributed by atoms with Gasteiger partial charge in [0, 0.05) is 4.87 Å². The van der Waals surface area contributed by atoms with Crippen molar-refractivity contribution in [3.8, 4) is 0 Å². The van der Waals surface area contributed by atoms with Gasteiger partial charge in [0.25, 0.3) is 0 Å². The van der Waals surface area contributed by atoms with Crippen LogP contribution in [0.5, 0.6) is 0 Å². The summed E-state index contributed by atoms with van der Waals surface area (Å²) in [5.74, 6) is 0.790. The summed E-state index contributed by atoms with van der Waals surface area (Å²) < 4.78 is 0. The predicted octanol–water partition coefficient (Wildman–Crippen LogP) is 4.86. The Kier molecular flexibility index (Phi) is 4.79. The van der Waals surface area contributed by atoms with Crippen LogP contribution in [0.25, 0.3) is 0 Å². The molecule has 0 spiro atoms. The lowest BCUT2D eigenvalue weighted by Gasteiger charge is -2.38. The van der Waals surface area contributed by atoms with E-state index in [-0.39, 0.29) is 10.3 Å². The van der Waals surface area contributed by atoms with E-state index in [2.05, 4.69) is 41.5 Å². The minimum atomic E-state index is -0.102. The van der Waals surface area contributed by atoms with Crippen molar-refractivity contribution in [2.24, 2.45) is 11.3 Å². The standard InChI is InChI=1S/C12H25Cl/c1-7-8-10(2)9-11(3,4)12(5,6)13/h10H,7-9H2,1-6H3. The van der Waals surface area contributed by atoms with Gasteiger partial charge in [0.15, 0.2) is 0 Å². The smallest absolute Gasteiger partial charge is 0.0441 e. The van der Waals surface area contributed by atoms with Crippen LogP contribution in [0.1, 0.15) is 60.8 Å². The van der Waals surface area contributed by atoms with Gasteiger partial charge in [-0.15, -0.1) is 11.6 Å². The molecule has 0 aromatic rings. The van der Waals surface area contributed by atoms with Crippen molar-refractivity contribution in [2.75, 3.05) is 0 Å². The summed E-state index contributed by atoms with van der Waals surface area (Å²) in [4.78, 5) is -0.102. The van der Waals surface area contributed by atoms with Crippen molar-refractivity contribution in [1.82, 2.24) is 0 Å². The summed E-state index contributed by atoms with van der Waals surface area (Å²) in [7, 11) is 0. The number of rotatable bonds is 5. The summed E-state index contributed by atoms with van der Waals surface area (Å²) in [5.41, 5.74) is 0.225. The Balaban J connectivity index is 4.17. The van der Waals surface area contributed by atoms with E-state index in [0.717, 1.165) is 5.92 Å². The summed E-state index contributed by atoms with van der Waals surface area (Å²) in [6.07, 6.45) is 3.81. The van der Waals surface area contributed by atoms with Crippen molar-refractivity contribution in [3.05, 3.63) is 0 Å². The largest absolute Gasteiger partial charge is 0.119 e. The van der Waals surface area contributed by atoms with Crippen LogP contribution >= 0.6 is 11.6 Å². The van der Waals surface area contributed by atoms with Crippen molar-refractivity contribution in [2.45, 2.75) is 65.7 Å². The summed E-state index contributed by atoms with van der Waals surface area (Å²) >= 11 is 6.37. The summed E-state index contributed by atoms with van der Waals surface area (Å²) in [5, 5.41) is 0. The van der Waals surface area contributed by atoms with Gasteiger partial charge in [-0.05, 0) is 31.6 Å². The molecule has 0 aromatic heterocycles. The van der Waals surface area contributed by atoms with Gasteiger partial charge in [0.2, 0.25) is 0 Å². The van der Waals surface area contributed by atoms with Crippen LogP contribution in [0.4, 0.5) is 0 Å². The van der Waals surface area contributed by atoms with Gasteiger partial charge in [-0.2, -0.15) is 0 Å². The summed E-state index contributed by atoms with van der Waals surface area (Å²) in [6.45, 7) is 13.3. The molecule has 0 saturated heterocycles. The Morgan fingerprint density at radius 1 is 1.15 bits per heavy atom. The van der Waals surface area contributed by atoms with Gasteiger partial charge < -0.3 is 0 Å². The highest BCUT2D eigenvalue weighted by Crippen LogP contribution is 2.41. The predicted molar refractivity (Wildman–Crippen MR) is 62.4 cm³/mol. The van der Waals surface area contributed by atoms with E-state index in [0.29, 0.717) is 0 Å². The highest BCUT2D eigenvalue weighted by atomic mass is 35.5. The molecule has 0 aliphatic heterocycles. The van der Waals surface area contributed by atoms with Crippen LogP contribution in [-0.2, 0) is 0 Å². The molecule has 0 nitrogen and oxygen atoms in total. The monoisotopic (exact) mass is 204 g/mol. The Bertz CT molecular complexity index is 142. The first-order valence-corrected chi connectivity index (χ1v) is 5.77. The zero-order valence-corrected chi connectivity index (χ0v) is 10.8. The fraction of sp³-hybridized carbons (Fsp3) is 1.00. The average molecular weight is 205 g/mol. The van der Waals surface area contributed by atoms with E-state index in [1.165, 1.54) is 19.3 Å². The van der Waals surface area contributed by atoms with Crippen molar-refractivity contribution >= 4 is 11.6 Å². The molecule has 0 bridgehead atoms. The third-order valence-electron chi connectivity index (χ3n) is 3.25. The Morgan fingerprint density at radius 3 is 1.92 bits per heavy atom. The van der Waals surface area contributed by atoms with Gasteiger partial charge in [-0.1, -0.05) is 40.5 Å². The van der Waals surface area contributed by atoms with Crippen LogP contribution in [0, 0.1) is 11.3 Å². The third-order valence-corrected chi connectivity index (χ3v) is 3.76. The molecule has 0 fully saturated rings. The van der Waals surface area contributed by atoms with Crippen molar-refractivity contribution in [1.29, 1.82) is 0 Å². The Morgan fingerprint density at radius 2 is 1.62 bits per heavy atom. The van der Waals surface area contributed by atoms with Gasteiger partial charge >= 0.3 is 0 Å². The van der Waals surface area contributed by atoms with E-state index < -0.39 is 0 Å². The second-order valence-electron chi connectivity index (χ2n) is 5.45. The minimum Gasteiger partial charge on any atom is -0.119 e. The van der Waals surface area contributed by atoms with E-state index in [1.807, 2.05) is 0 Å². The van der Waals surface area contributed by atoms with Crippen LogP contribution < -0.4 is 0 Å². The van der Waals surface area contributed by atoms with Crippen LogP contribution in [0.3, 0.4) is 0 Å². The quantitative estimate of drug-likeness (QED) is 0.562. The van der Waals surface area contributed by atoms with Gasteiger partial charge in [-0.25, -0.2) is 0 Å². The highest BCUT2D eigenvalue weighted by molar-refractivity contribution is 6.23. The lowest BCUT2D eigenvalue weighted by Crippen LogP contribution is -2.35. The first kappa shape index (κ1) is 13.3. The fourth-order valence-corrected chi connectivity index (χ4v) is 1.79. The molecular weight excluding hydrogens is 180 g/mol. The van der Waals surface area contributed by atoms with Gasteiger partial charge in [0.1, 0.15) is 0 Å². The van der Waals surface area contributed by atoms with Crippen LogP contribution in [-0.4, -0.2) is 4.87 Å². The lowest BCUT2D eigenvalue weighted by atomic mass is 9.73. The highest BCUT2D eigenvalue weighted by Gasteiger charge is 2.35. The molecule has 0 radical (unpaired) electrons. The molecule has 1 atom stereocenters. The number of hydrogen-bond acceptors (Lipinski definition) is 0. The van der Waals surface area contributed by atoms with Gasteiger partial charge in [-0.3, -0.25) is 0 Å². The number of alkyl halides is 1. The molecule has 0 N–H and O–H groups in total. The minimum absolute atomic E-state index is 0.102. The van der Waals surface area contributed by atoms with E-state index in [9.17, 15) is 0 Å². The SMILES string of the molecule is CCCC(C)CC(C)(C)C(C)(C)Cl.